The van der Waals surface area contributed by atoms with Gasteiger partial charge in [-0.15, -0.1) is 0 Å². The predicted molar refractivity (Wildman–Crippen MR) is 42.2 cm³/mol. The zero-order valence-corrected chi connectivity index (χ0v) is 5.20. The van der Waals surface area contributed by atoms with Gasteiger partial charge in [0, 0.05) is 0 Å². The summed E-state index contributed by atoms with van der Waals surface area (Å²) in [6, 6.07) is 0. The SMILES string of the molecule is O.O.O.O.O.O=C(O)S.[NaH]. The second kappa shape index (κ2) is 54.5. The first-order chi connectivity index (χ1) is 1.73. The minimum absolute atomic E-state index is 0. The first kappa shape index (κ1) is 75.0. The maximum atomic E-state index is 8.86. The molecule has 0 atom stereocenters. The van der Waals surface area contributed by atoms with Crippen molar-refractivity contribution in [3.05, 3.63) is 0 Å². The molecule has 0 fully saturated rings. The van der Waals surface area contributed by atoms with E-state index in [4.69, 9.17) is 9.90 Å². The van der Waals surface area contributed by atoms with Crippen molar-refractivity contribution in [1.29, 1.82) is 0 Å². The summed E-state index contributed by atoms with van der Waals surface area (Å²) in [4.78, 5) is 8.86. The third-order valence-electron chi connectivity index (χ3n) is 0. The monoisotopic (exact) mass is 192 g/mol. The first-order valence-corrected chi connectivity index (χ1v) is 1.10. The first-order valence-electron chi connectivity index (χ1n) is 0.651. The van der Waals surface area contributed by atoms with E-state index in [1.165, 1.54) is 0 Å². The van der Waals surface area contributed by atoms with Crippen LogP contribution in [0.25, 0.3) is 0 Å². The van der Waals surface area contributed by atoms with E-state index in [0.29, 0.717) is 0 Å². The van der Waals surface area contributed by atoms with Gasteiger partial charge in [-0.2, -0.15) is 0 Å². The quantitative estimate of drug-likeness (QED) is 0.290. The molecular formula is CH13NaO7S. The van der Waals surface area contributed by atoms with Crippen molar-refractivity contribution in [3.63, 3.8) is 0 Å². The Hall–Kier alpha value is 0.620. The zero-order chi connectivity index (χ0) is 3.58. The second-order valence-corrected chi connectivity index (χ2v) is 0.665. The molecule has 0 saturated heterocycles. The van der Waals surface area contributed by atoms with E-state index in [1.54, 1.807) is 0 Å². The molecular weight excluding hydrogens is 179 g/mol. The zero-order valence-electron chi connectivity index (χ0n) is 4.30. The number of hydrogen-bond donors (Lipinski definition) is 2. The molecule has 0 amide bonds. The number of hydrogen-bond acceptors (Lipinski definition) is 1. The van der Waals surface area contributed by atoms with Crippen LogP contribution in [0.15, 0.2) is 0 Å². The van der Waals surface area contributed by atoms with Gasteiger partial charge < -0.3 is 32.5 Å². The Bertz CT molecular complexity index is 36.6. The summed E-state index contributed by atoms with van der Waals surface area (Å²) in [6.45, 7) is 0. The molecule has 0 aliphatic carbocycles. The Kier molecular flexibility index (Phi) is 409. The molecule has 0 aromatic rings. The van der Waals surface area contributed by atoms with Gasteiger partial charge in [0.05, 0.1) is 0 Å². The summed E-state index contributed by atoms with van der Waals surface area (Å²) < 4.78 is 0. The Balaban J connectivity index is -0.00000000300. The molecule has 9 heteroatoms. The van der Waals surface area contributed by atoms with Gasteiger partial charge in [-0.25, -0.2) is 4.79 Å². The standard InChI is InChI=1S/CH2O2S.Na.5H2O.H/c2-1(3)4;;;;;;;/h4H,(H,2,3);;5*1H2;. The third-order valence-corrected chi connectivity index (χ3v) is 0. The molecule has 0 saturated carbocycles. The molecule has 0 aromatic heterocycles. The maximum absolute atomic E-state index is 8.86. The topological polar surface area (TPSA) is 195 Å². The predicted octanol–water partition coefficient (Wildman–Crippen LogP) is -4.18. The van der Waals surface area contributed by atoms with Crippen LogP contribution < -0.4 is 0 Å². The van der Waals surface area contributed by atoms with Crippen molar-refractivity contribution < 1.29 is 37.3 Å². The molecule has 66 valence electrons. The Labute approximate surface area is 84.7 Å². The molecule has 0 radical (unpaired) electrons. The Morgan fingerprint density at radius 1 is 1.00 bits per heavy atom. The van der Waals surface area contributed by atoms with Crippen LogP contribution in [-0.4, -0.2) is 67.3 Å². The van der Waals surface area contributed by atoms with E-state index in [1.807, 2.05) is 0 Å². The van der Waals surface area contributed by atoms with Gasteiger partial charge >= 0.3 is 34.9 Å². The normalized spacial score (nSPS) is 2.50. The van der Waals surface area contributed by atoms with Gasteiger partial charge in [-0.1, -0.05) is 12.6 Å². The van der Waals surface area contributed by atoms with Crippen molar-refractivity contribution in [3.8, 4) is 0 Å². The fraction of sp³-hybridized carbons (Fsp3) is 0. The Morgan fingerprint density at radius 2 is 1.00 bits per heavy atom. The fourth-order valence-electron chi connectivity index (χ4n) is 0. The summed E-state index contributed by atoms with van der Waals surface area (Å²) in [5.41, 5.74) is 0. The van der Waals surface area contributed by atoms with E-state index in [9.17, 15) is 0 Å². The second-order valence-electron chi connectivity index (χ2n) is 0.283. The van der Waals surface area contributed by atoms with Crippen LogP contribution in [0.1, 0.15) is 0 Å². The average molecular weight is 192 g/mol. The van der Waals surface area contributed by atoms with E-state index in [0.717, 1.165) is 0 Å². The van der Waals surface area contributed by atoms with Crippen LogP contribution in [0, 0.1) is 0 Å². The molecule has 10 heavy (non-hydrogen) atoms. The Morgan fingerprint density at radius 3 is 1.00 bits per heavy atom. The van der Waals surface area contributed by atoms with Crippen LogP contribution >= 0.6 is 12.6 Å². The molecule has 11 N–H and O–H groups in total. The molecule has 0 bridgehead atoms. The summed E-state index contributed by atoms with van der Waals surface area (Å²) in [7, 11) is 0. The average Bonchev–Trinajstić information content (AvgIpc) is 0.811. The molecule has 0 aromatic carbocycles. The van der Waals surface area contributed by atoms with Gasteiger partial charge in [-0.3, -0.25) is 0 Å². The third kappa shape index (κ3) is 1300. The van der Waals surface area contributed by atoms with E-state index >= 15 is 0 Å². The molecule has 0 aliphatic rings. The summed E-state index contributed by atoms with van der Waals surface area (Å²) >= 11 is 2.88. The van der Waals surface area contributed by atoms with Crippen molar-refractivity contribution in [1.82, 2.24) is 0 Å². The van der Waals surface area contributed by atoms with E-state index in [-0.39, 0.29) is 56.9 Å². The fourth-order valence-corrected chi connectivity index (χ4v) is 0. The molecule has 0 spiro atoms. The molecule has 0 heterocycles. The number of carbonyl (C=O) groups is 1. The molecule has 0 aliphatic heterocycles. The summed E-state index contributed by atoms with van der Waals surface area (Å²) in [5, 5.41) is 6.14. The van der Waals surface area contributed by atoms with Gasteiger partial charge in [0.25, 0.3) is 0 Å². The molecule has 0 unspecified atom stereocenters. The molecule has 7 nitrogen and oxygen atoms in total. The van der Waals surface area contributed by atoms with Crippen molar-refractivity contribution in [2.75, 3.05) is 0 Å². The van der Waals surface area contributed by atoms with E-state index < -0.39 is 5.30 Å². The van der Waals surface area contributed by atoms with Crippen LogP contribution in [0.2, 0.25) is 0 Å². The minimum atomic E-state index is -1.14. The number of carboxylic acid groups (broad SMARTS) is 1. The van der Waals surface area contributed by atoms with Gasteiger partial charge in [0.15, 0.2) is 0 Å². The number of thiol groups is 1. The van der Waals surface area contributed by atoms with Crippen molar-refractivity contribution >= 4 is 47.5 Å². The van der Waals surface area contributed by atoms with Gasteiger partial charge in [-0.05, 0) is 0 Å². The van der Waals surface area contributed by atoms with Gasteiger partial charge in [0.2, 0.25) is 0 Å². The molecule has 0 rings (SSSR count). The van der Waals surface area contributed by atoms with Crippen LogP contribution in [0.3, 0.4) is 0 Å². The van der Waals surface area contributed by atoms with E-state index in [2.05, 4.69) is 12.6 Å². The number of rotatable bonds is 0. The van der Waals surface area contributed by atoms with Gasteiger partial charge in [0.1, 0.15) is 0 Å². The van der Waals surface area contributed by atoms with Crippen LogP contribution in [0.5, 0.6) is 0 Å². The van der Waals surface area contributed by atoms with Crippen molar-refractivity contribution in [2.45, 2.75) is 0 Å². The summed E-state index contributed by atoms with van der Waals surface area (Å²) in [6.07, 6.45) is 0. The van der Waals surface area contributed by atoms with Crippen LogP contribution in [-0.2, 0) is 0 Å². The van der Waals surface area contributed by atoms with Crippen LogP contribution in [0.4, 0.5) is 4.79 Å². The van der Waals surface area contributed by atoms with Crippen molar-refractivity contribution in [2.24, 2.45) is 0 Å². The summed E-state index contributed by atoms with van der Waals surface area (Å²) in [5.74, 6) is 0.